The second-order valence-electron chi connectivity index (χ2n) is 5.56. The van der Waals surface area contributed by atoms with Crippen molar-refractivity contribution in [2.75, 3.05) is 6.54 Å². The van der Waals surface area contributed by atoms with E-state index in [0.29, 0.717) is 25.6 Å². The molecule has 0 fully saturated rings. The van der Waals surface area contributed by atoms with Gasteiger partial charge in [-0.3, -0.25) is 0 Å². The van der Waals surface area contributed by atoms with Gasteiger partial charge in [-0.05, 0) is 35.6 Å². The van der Waals surface area contributed by atoms with E-state index >= 15 is 0 Å². The molecule has 1 aliphatic rings. The van der Waals surface area contributed by atoms with Crippen LogP contribution in [0.3, 0.4) is 0 Å². The van der Waals surface area contributed by atoms with Crippen molar-refractivity contribution < 1.29 is 14.7 Å². The van der Waals surface area contributed by atoms with Crippen molar-refractivity contribution >= 4 is 12.0 Å². The molecule has 20 heavy (non-hydrogen) atoms. The Morgan fingerprint density at radius 1 is 1.30 bits per heavy atom. The van der Waals surface area contributed by atoms with Gasteiger partial charge in [0.15, 0.2) is 0 Å². The highest BCUT2D eigenvalue weighted by Gasteiger charge is 2.23. The number of fused-ring (bicyclic) bond motifs is 1. The SMILES string of the molecule is CC(C)CCNC(=O)N1Cc2ccc(C(=O)O)cc2C1. The topological polar surface area (TPSA) is 69.6 Å². The van der Waals surface area contributed by atoms with Crippen LogP contribution in [-0.2, 0) is 13.1 Å². The highest BCUT2D eigenvalue weighted by atomic mass is 16.4. The van der Waals surface area contributed by atoms with Crippen LogP contribution in [0, 0.1) is 5.92 Å². The molecule has 0 bridgehead atoms. The molecule has 0 atom stereocenters. The van der Waals surface area contributed by atoms with Gasteiger partial charge in [0.05, 0.1) is 5.56 Å². The number of hydrogen-bond donors (Lipinski definition) is 2. The first-order valence-electron chi connectivity index (χ1n) is 6.85. The van der Waals surface area contributed by atoms with E-state index in [1.807, 2.05) is 0 Å². The van der Waals surface area contributed by atoms with Crippen molar-refractivity contribution in [2.24, 2.45) is 5.92 Å². The second kappa shape index (κ2) is 5.94. The summed E-state index contributed by atoms with van der Waals surface area (Å²) in [5.74, 6) is -0.378. The number of carbonyl (C=O) groups is 2. The zero-order chi connectivity index (χ0) is 14.7. The Kier molecular flexibility index (Phi) is 4.27. The number of urea groups is 1. The monoisotopic (exact) mass is 276 g/mol. The lowest BCUT2D eigenvalue weighted by molar-refractivity contribution is 0.0696. The van der Waals surface area contributed by atoms with Crippen LogP contribution >= 0.6 is 0 Å². The van der Waals surface area contributed by atoms with E-state index in [2.05, 4.69) is 19.2 Å². The van der Waals surface area contributed by atoms with Gasteiger partial charge in [-0.1, -0.05) is 19.9 Å². The van der Waals surface area contributed by atoms with Crippen LogP contribution in [0.5, 0.6) is 0 Å². The van der Waals surface area contributed by atoms with Gasteiger partial charge in [0, 0.05) is 19.6 Å². The highest BCUT2D eigenvalue weighted by Crippen LogP contribution is 2.23. The lowest BCUT2D eigenvalue weighted by Crippen LogP contribution is -2.37. The molecule has 0 spiro atoms. The number of aromatic carboxylic acids is 1. The predicted molar refractivity (Wildman–Crippen MR) is 75.5 cm³/mol. The minimum Gasteiger partial charge on any atom is -0.478 e. The minimum atomic E-state index is -0.937. The standard InChI is InChI=1S/C15H20N2O3/c1-10(2)5-6-16-15(20)17-8-12-4-3-11(14(18)19)7-13(12)9-17/h3-4,7,10H,5-6,8-9H2,1-2H3,(H,16,20)(H,18,19). The van der Waals surface area contributed by atoms with Crippen molar-refractivity contribution in [1.82, 2.24) is 10.2 Å². The van der Waals surface area contributed by atoms with Crippen LogP contribution in [0.2, 0.25) is 0 Å². The Bertz CT molecular complexity index is 526. The smallest absolute Gasteiger partial charge is 0.335 e. The largest absolute Gasteiger partial charge is 0.478 e. The number of nitrogens with zero attached hydrogens (tertiary/aromatic N) is 1. The Hall–Kier alpha value is -2.04. The number of hydrogen-bond acceptors (Lipinski definition) is 2. The van der Waals surface area contributed by atoms with Gasteiger partial charge in [0.25, 0.3) is 0 Å². The summed E-state index contributed by atoms with van der Waals surface area (Å²) in [4.78, 5) is 24.6. The van der Waals surface area contributed by atoms with E-state index in [4.69, 9.17) is 5.11 Å². The third-order valence-corrected chi connectivity index (χ3v) is 3.46. The first kappa shape index (κ1) is 14.4. The third-order valence-electron chi connectivity index (χ3n) is 3.46. The summed E-state index contributed by atoms with van der Waals surface area (Å²) in [5.41, 5.74) is 2.21. The summed E-state index contributed by atoms with van der Waals surface area (Å²) >= 11 is 0. The van der Waals surface area contributed by atoms with Crippen LogP contribution < -0.4 is 5.32 Å². The molecule has 2 rings (SSSR count). The van der Waals surface area contributed by atoms with Gasteiger partial charge >= 0.3 is 12.0 Å². The minimum absolute atomic E-state index is 0.0845. The molecule has 0 aliphatic carbocycles. The molecule has 1 aliphatic heterocycles. The van der Waals surface area contributed by atoms with E-state index in [-0.39, 0.29) is 11.6 Å². The van der Waals surface area contributed by atoms with Crippen LogP contribution in [0.15, 0.2) is 18.2 Å². The Morgan fingerprint density at radius 3 is 2.65 bits per heavy atom. The average Bonchev–Trinajstić information content (AvgIpc) is 2.80. The quantitative estimate of drug-likeness (QED) is 0.887. The van der Waals surface area contributed by atoms with Crippen LogP contribution in [-0.4, -0.2) is 28.6 Å². The van der Waals surface area contributed by atoms with Crippen LogP contribution in [0.1, 0.15) is 41.8 Å². The van der Waals surface area contributed by atoms with E-state index in [1.165, 1.54) is 0 Å². The lowest BCUT2D eigenvalue weighted by Gasteiger charge is -2.16. The first-order chi connectivity index (χ1) is 9.47. The molecule has 0 saturated carbocycles. The Balaban J connectivity index is 1.95. The average molecular weight is 276 g/mol. The van der Waals surface area contributed by atoms with Gasteiger partial charge in [0.1, 0.15) is 0 Å². The van der Waals surface area contributed by atoms with Crippen molar-refractivity contribution in [3.8, 4) is 0 Å². The van der Waals surface area contributed by atoms with Crippen molar-refractivity contribution in [1.29, 1.82) is 0 Å². The molecule has 1 heterocycles. The van der Waals surface area contributed by atoms with Crippen LogP contribution in [0.25, 0.3) is 0 Å². The molecule has 1 aromatic carbocycles. The molecule has 0 aromatic heterocycles. The summed E-state index contributed by atoms with van der Waals surface area (Å²) in [7, 11) is 0. The number of carboxylic acids is 1. The highest BCUT2D eigenvalue weighted by molar-refractivity contribution is 5.88. The number of rotatable bonds is 4. The molecule has 0 saturated heterocycles. The predicted octanol–water partition coefficient (Wildman–Crippen LogP) is 2.46. The maximum atomic E-state index is 12.0. The Labute approximate surface area is 118 Å². The molecule has 108 valence electrons. The Morgan fingerprint density at radius 2 is 2.00 bits per heavy atom. The molecular formula is C15H20N2O3. The summed E-state index contributed by atoms with van der Waals surface area (Å²) in [6.07, 6.45) is 0.954. The second-order valence-corrected chi connectivity index (χ2v) is 5.56. The van der Waals surface area contributed by atoms with Gasteiger partial charge in [0.2, 0.25) is 0 Å². The fraction of sp³-hybridized carbons (Fsp3) is 0.467. The lowest BCUT2D eigenvalue weighted by atomic mass is 10.1. The van der Waals surface area contributed by atoms with E-state index in [0.717, 1.165) is 17.5 Å². The number of amides is 2. The van der Waals surface area contributed by atoms with Crippen LogP contribution in [0.4, 0.5) is 4.79 Å². The van der Waals surface area contributed by atoms with Crippen molar-refractivity contribution in [3.63, 3.8) is 0 Å². The molecule has 0 unspecified atom stereocenters. The zero-order valence-corrected chi connectivity index (χ0v) is 11.8. The van der Waals surface area contributed by atoms with Gasteiger partial charge in [-0.25, -0.2) is 9.59 Å². The van der Waals surface area contributed by atoms with Gasteiger partial charge in [-0.2, -0.15) is 0 Å². The summed E-state index contributed by atoms with van der Waals surface area (Å²) in [6.45, 7) is 5.92. The summed E-state index contributed by atoms with van der Waals surface area (Å²) < 4.78 is 0. The molecular weight excluding hydrogens is 256 g/mol. The molecule has 0 radical (unpaired) electrons. The van der Waals surface area contributed by atoms with E-state index in [9.17, 15) is 9.59 Å². The van der Waals surface area contributed by atoms with Crippen molar-refractivity contribution in [3.05, 3.63) is 34.9 Å². The fourth-order valence-corrected chi connectivity index (χ4v) is 2.25. The zero-order valence-electron chi connectivity index (χ0n) is 11.8. The van der Waals surface area contributed by atoms with Gasteiger partial charge in [-0.15, -0.1) is 0 Å². The first-order valence-corrected chi connectivity index (χ1v) is 6.85. The number of benzene rings is 1. The normalized spacial score (nSPS) is 13.4. The molecule has 5 heteroatoms. The third kappa shape index (κ3) is 3.29. The van der Waals surface area contributed by atoms with E-state index in [1.54, 1.807) is 23.1 Å². The molecule has 5 nitrogen and oxygen atoms in total. The maximum Gasteiger partial charge on any atom is 0.335 e. The van der Waals surface area contributed by atoms with E-state index < -0.39 is 5.97 Å². The number of carbonyl (C=O) groups excluding carboxylic acids is 1. The maximum absolute atomic E-state index is 12.0. The number of carboxylic acid groups (broad SMARTS) is 1. The molecule has 2 amide bonds. The summed E-state index contributed by atoms with van der Waals surface area (Å²) in [5, 5.41) is 11.9. The van der Waals surface area contributed by atoms with Crippen molar-refractivity contribution in [2.45, 2.75) is 33.4 Å². The molecule has 2 N–H and O–H groups in total. The summed E-state index contributed by atoms with van der Waals surface area (Å²) in [6, 6.07) is 4.94. The molecule has 1 aromatic rings. The van der Waals surface area contributed by atoms with Gasteiger partial charge < -0.3 is 15.3 Å². The fourth-order valence-electron chi connectivity index (χ4n) is 2.25. The number of nitrogens with one attached hydrogen (secondary N) is 1.